The standard InChI is InChI=1S/C14H21FN2/c1-3-17(4-2)10-12-9-16-8-11-7-13(15)5-6-14(11)12/h5-7,12,16H,3-4,8-10H2,1-2H3. The van der Waals surface area contributed by atoms with Crippen LogP contribution in [0.25, 0.3) is 0 Å². The number of benzene rings is 1. The number of rotatable bonds is 4. The van der Waals surface area contributed by atoms with Crippen LogP contribution in [-0.2, 0) is 6.54 Å². The number of likely N-dealkylation sites (N-methyl/N-ethyl adjacent to an activating group) is 1. The Morgan fingerprint density at radius 3 is 2.82 bits per heavy atom. The lowest BCUT2D eigenvalue weighted by molar-refractivity contribution is 0.275. The van der Waals surface area contributed by atoms with Gasteiger partial charge in [0.15, 0.2) is 0 Å². The minimum atomic E-state index is -0.131. The summed E-state index contributed by atoms with van der Waals surface area (Å²) in [6.07, 6.45) is 0. The minimum Gasteiger partial charge on any atom is -0.312 e. The molecular weight excluding hydrogens is 215 g/mol. The highest BCUT2D eigenvalue weighted by Gasteiger charge is 2.21. The van der Waals surface area contributed by atoms with Gasteiger partial charge in [-0.1, -0.05) is 19.9 Å². The Kier molecular flexibility index (Phi) is 4.13. The Morgan fingerprint density at radius 2 is 2.12 bits per heavy atom. The first-order valence-electron chi connectivity index (χ1n) is 6.46. The van der Waals surface area contributed by atoms with E-state index in [2.05, 4.69) is 24.1 Å². The highest BCUT2D eigenvalue weighted by atomic mass is 19.1. The van der Waals surface area contributed by atoms with Crippen molar-refractivity contribution >= 4 is 0 Å². The van der Waals surface area contributed by atoms with Crippen LogP contribution in [0.4, 0.5) is 4.39 Å². The third-order valence-electron chi connectivity index (χ3n) is 3.62. The summed E-state index contributed by atoms with van der Waals surface area (Å²) < 4.78 is 13.2. The summed E-state index contributed by atoms with van der Waals surface area (Å²) in [5, 5.41) is 3.38. The molecule has 0 saturated carbocycles. The monoisotopic (exact) mass is 236 g/mol. The molecule has 1 aromatic carbocycles. The van der Waals surface area contributed by atoms with Crippen molar-refractivity contribution in [1.82, 2.24) is 10.2 Å². The smallest absolute Gasteiger partial charge is 0.123 e. The Hall–Kier alpha value is -0.930. The van der Waals surface area contributed by atoms with Crippen LogP contribution in [0.1, 0.15) is 30.9 Å². The van der Waals surface area contributed by atoms with E-state index in [1.165, 1.54) is 5.56 Å². The summed E-state index contributed by atoms with van der Waals surface area (Å²) in [6.45, 7) is 9.36. The summed E-state index contributed by atoms with van der Waals surface area (Å²) in [5.41, 5.74) is 2.44. The molecule has 1 N–H and O–H groups in total. The second-order valence-corrected chi connectivity index (χ2v) is 4.66. The number of halogens is 1. The first-order chi connectivity index (χ1) is 8.24. The van der Waals surface area contributed by atoms with E-state index in [0.717, 1.165) is 38.3 Å². The molecule has 0 fully saturated rings. The third kappa shape index (κ3) is 2.85. The van der Waals surface area contributed by atoms with Crippen molar-refractivity contribution in [3.63, 3.8) is 0 Å². The van der Waals surface area contributed by atoms with Gasteiger partial charge in [-0.05, 0) is 36.3 Å². The van der Waals surface area contributed by atoms with Gasteiger partial charge in [0, 0.05) is 25.6 Å². The SMILES string of the molecule is CCN(CC)CC1CNCc2cc(F)ccc21. The van der Waals surface area contributed by atoms with Crippen LogP contribution in [0.2, 0.25) is 0 Å². The lowest BCUT2D eigenvalue weighted by Gasteiger charge is -2.30. The molecule has 0 bridgehead atoms. The highest BCUT2D eigenvalue weighted by Crippen LogP contribution is 2.25. The van der Waals surface area contributed by atoms with E-state index in [9.17, 15) is 4.39 Å². The van der Waals surface area contributed by atoms with Gasteiger partial charge in [-0.2, -0.15) is 0 Å². The van der Waals surface area contributed by atoms with Crippen LogP contribution in [0, 0.1) is 5.82 Å². The van der Waals surface area contributed by atoms with Crippen LogP contribution < -0.4 is 5.32 Å². The molecule has 1 atom stereocenters. The van der Waals surface area contributed by atoms with E-state index in [-0.39, 0.29) is 5.82 Å². The zero-order chi connectivity index (χ0) is 12.3. The second-order valence-electron chi connectivity index (χ2n) is 4.66. The molecule has 1 aliphatic heterocycles. The number of hydrogen-bond acceptors (Lipinski definition) is 2. The lowest BCUT2D eigenvalue weighted by Crippen LogP contribution is -2.36. The maximum Gasteiger partial charge on any atom is 0.123 e. The molecule has 0 amide bonds. The molecule has 0 saturated heterocycles. The molecule has 1 aliphatic rings. The maximum absolute atomic E-state index is 13.2. The van der Waals surface area contributed by atoms with Crippen molar-refractivity contribution < 1.29 is 4.39 Å². The normalized spacial score (nSPS) is 19.4. The van der Waals surface area contributed by atoms with Crippen molar-refractivity contribution in [2.45, 2.75) is 26.3 Å². The lowest BCUT2D eigenvalue weighted by atomic mass is 9.90. The topological polar surface area (TPSA) is 15.3 Å². The summed E-state index contributed by atoms with van der Waals surface area (Å²) in [5.74, 6) is 0.355. The zero-order valence-corrected chi connectivity index (χ0v) is 10.7. The third-order valence-corrected chi connectivity index (χ3v) is 3.62. The van der Waals surface area contributed by atoms with Gasteiger partial charge in [-0.25, -0.2) is 4.39 Å². The summed E-state index contributed by atoms with van der Waals surface area (Å²) in [6, 6.07) is 5.20. The summed E-state index contributed by atoms with van der Waals surface area (Å²) >= 11 is 0. The predicted octanol–water partition coefficient (Wildman–Crippen LogP) is 2.35. The van der Waals surface area contributed by atoms with E-state index >= 15 is 0 Å². The van der Waals surface area contributed by atoms with Gasteiger partial charge < -0.3 is 10.2 Å². The number of fused-ring (bicyclic) bond motifs is 1. The average molecular weight is 236 g/mol. The quantitative estimate of drug-likeness (QED) is 0.863. The molecule has 1 aromatic rings. The Labute approximate surface area is 103 Å². The molecule has 3 heteroatoms. The molecule has 0 aliphatic carbocycles. The maximum atomic E-state index is 13.2. The molecule has 2 nitrogen and oxygen atoms in total. The fraction of sp³-hybridized carbons (Fsp3) is 0.571. The Bertz CT molecular complexity index is 374. The fourth-order valence-electron chi connectivity index (χ4n) is 2.57. The first kappa shape index (κ1) is 12.5. The van der Waals surface area contributed by atoms with Crippen LogP contribution >= 0.6 is 0 Å². The number of hydrogen-bond donors (Lipinski definition) is 1. The Morgan fingerprint density at radius 1 is 1.35 bits per heavy atom. The van der Waals surface area contributed by atoms with Crippen LogP contribution in [-0.4, -0.2) is 31.1 Å². The Balaban J connectivity index is 2.16. The number of nitrogens with one attached hydrogen (secondary N) is 1. The van der Waals surface area contributed by atoms with E-state index in [1.807, 2.05) is 6.07 Å². The summed E-state index contributed by atoms with van der Waals surface area (Å²) in [7, 11) is 0. The molecule has 0 aromatic heterocycles. The van der Waals surface area contributed by atoms with Gasteiger partial charge >= 0.3 is 0 Å². The van der Waals surface area contributed by atoms with Gasteiger partial charge in [0.2, 0.25) is 0 Å². The minimum absolute atomic E-state index is 0.131. The fourth-order valence-corrected chi connectivity index (χ4v) is 2.57. The van der Waals surface area contributed by atoms with Gasteiger partial charge in [0.05, 0.1) is 0 Å². The van der Waals surface area contributed by atoms with E-state index in [4.69, 9.17) is 0 Å². The highest BCUT2D eigenvalue weighted by molar-refractivity contribution is 5.33. The van der Waals surface area contributed by atoms with Crippen LogP contribution in [0.15, 0.2) is 18.2 Å². The summed E-state index contributed by atoms with van der Waals surface area (Å²) in [4.78, 5) is 2.42. The molecule has 17 heavy (non-hydrogen) atoms. The van der Waals surface area contributed by atoms with Gasteiger partial charge in [-0.15, -0.1) is 0 Å². The van der Waals surface area contributed by atoms with E-state index < -0.39 is 0 Å². The van der Waals surface area contributed by atoms with Gasteiger partial charge in [0.25, 0.3) is 0 Å². The average Bonchev–Trinajstić information content (AvgIpc) is 2.35. The van der Waals surface area contributed by atoms with Gasteiger partial charge in [0.1, 0.15) is 5.82 Å². The molecule has 0 radical (unpaired) electrons. The van der Waals surface area contributed by atoms with Gasteiger partial charge in [-0.3, -0.25) is 0 Å². The molecule has 1 heterocycles. The van der Waals surface area contributed by atoms with E-state index in [1.54, 1.807) is 12.1 Å². The molecule has 1 unspecified atom stereocenters. The van der Waals surface area contributed by atoms with Crippen molar-refractivity contribution in [2.75, 3.05) is 26.2 Å². The molecular formula is C14H21FN2. The molecule has 94 valence electrons. The molecule has 0 spiro atoms. The van der Waals surface area contributed by atoms with Crippen LogP contribution in [0.3, 0.4) is 0 Å². The van der Waals surface area contributed by atoms with Crippen molar-refractivity contribution in [2.24, 2.45) is 0 Å². The zero-order valence-electron chi connectivity index (χ0n) is 10.7. The molecule has 2 rings (SSSR count). The second kappa shape index (κ2) is 5.61. The van der Waals surface area contributed by atoms with Crippen molar-refractivity contribution in [3.8, 4) is 0 Å². The van der Waals surface area contributed by atoms with E-state index in [0.29, 0.717) is 5.92 Å². The van der Waals surface area contributed by atoms with Crippen molar-refractivity contribution in [1.29, 1.82) is 0 Å². The predicted molar refractivity (Wildman–Crippen MR) is 68.6 cm³/mol. The van der Waals surface area contributed by atoms with Crippen LogP contribution in [0.5, 0.6) is 0 Å². The first-order valence-corrected chi connectivity index (χ1v) is 6.46. The number of nitrogens with zero attached hydrogens (tertiary/aromatic N) is 1. The van der Waals surface area contributed by atoms with Crippen molar-refractivity contribution in [3.05, 3.63) is 35.1 Å². The largest absolute Gasteiger partial charge is 0.312 e.